The lowest BCUT2D eigenvalue weighted by molar-refractivity contribution is 0.215. The lowest BCUT2D eigenvalue weighted by Crippen LogP contribution is -2.38. The number of fused-ring (bicyclic) bond motifs is 2. The van der Waals surface area contributed by atoms with Crippen LogP contribution in [0.4, 0.5) is 0 Å². The van der Waals surface area contributed by atoms with Crippen molar-refractivity contribution in [3.8, 4) is 0 Å². The molecular formula is C22H28N2O2. The summed E-state index contributed by atoms with van der Waals surface area (Å²) in [7, 11) is 3.46. The highest BCUT2D eigenvalue weighted by Crippen LogP contribution is 2.42. The highest BCUT2D eigenvalue weighted by atomic mass is 16.5. The lowest BCUT2D eigenvalue weighted by Gasteiger charge is -2.42. The van der Waals surface area contributed by atoms with Gasteiger partial charge in [-0.25, -0.2) is 0 Å². The van der Waals surface area contributed by atoms with Crippen LogP contribution in [-0.2, 0) is 15.9 Å². The molecule has 1 atom stereocenters. The Kier molecular flexibility index (Phi) is 4.75. The van der Waals surface area contributed by atoms with Crippen LogP contribution in [-0.4, -0.2) is 37.2 Å². The number of piperidine rings is 1. The van der Waals surface area contributed by atoms with Gasteiger partial charge in [-0.2, -0.15) is 0 Å². The Morgan fingerprint density at radius 3 is 2.88 bits per heavy atom. The molecule has 2 aliphatic heterocycles. The molecule has 4 heteroatoms. The highest BCUT2D eigenvalue weighted by molar-refractivity contribution is 5.48. The van der Waals surface area contributed by atoms with Gasteiger partial charge in [-0.15, -0.1) is 0 Å². The first-order valence-corrected chi connectivity index (χ1v) is 9.67. The van der Waals surface area contributed by atoms with Crippen molar-refractivity contribution in [2.24, 2.45) is 0 Å². The van der Waals surface area contributed by atoms with Crippen molar-refractivity contribution in [3.05, 3.63) is 64.0 Å². The molecule has 3 aliphatic rings. The fraction of sp³-hybridized carbons (Fsp3) is 0.500. The Morgan fingerprint density at radius 2 is 2.12 bits per heavy atom. The summed E-state index contributed by atoms with van der Waals surface area (Å²) in [5.41, 5.74) is 7.05. The summed E-state index contributed by atoms with van der Waals surface area (Å²) in [4.78, 5) is 7.27. The highest BCUT2D eigenvalue weighted by Gasteiger charge is 2.33. The third kappa shape index (κ3) is 3.02. The van der Waals surface area contributed by atoms with Gasteiger partial charge in [-0.3, -0.25) is 4.98 Å². The van der Waals surface area contributed by atoms with E-state index in [4.69, 9.17) is 9.47 Å². The molecule has 1 aromatic heterocycles. The summed E-state index contributed by atoms with van der Waals surface area (Å²) in [5.74, 6) is 2.36. The molecule has 0 N–H and O–H groups in total. The second-order valence-electron chi connectivity index (χ2n) is 7.34. The number of rotatable bonds is 4. The van der Waals surface area contributed by atoms with Crippen molar-refractivity contribution >= 4 is 0 Å². The molecule has 26 heavy (non-hydrogen) atoms. The molecule has 0 radical (unpaired) electrons. The third-order valence-corrected chi connectivity index (χ3v) is 5.99. The van der Waals surface area contributed by atoms with E-state index < -0.39 is 0 Å². The summed E-state index contributed by atoms with van der Waals surface area (Å²) in [6.45, 7) is 4.38. The van der Waals surface area contributed by atoms with Crippen LogP contribution >= 0.6 is 0 Å². The Labute approximate surface area is 156 Å². The molecule has 0 bridgehead atoms. The van der Waals surface area contributed by atoms with Crippen LogP contribution in [0.25, 0.3) is 0 Å². The molecule has 3 heterocycles. The van der Waals surface area contributed by atoms with Gasteiger partial charge in [0.25, 0.3) is 0 Å². The van der Waals surface area contributed by atoms with Crippen molar-refractivity contribution in [3.63, 3.8) is 0 Å². The first kappa shape index (κ1) is 17.2. The molecule has 0 spiro atoms. The van der Waals surface area contributed by atoms with Gasteiger partial charge < -0.3 is 14.4 Å². The quantitative estimate of drug-likeness (QED) is 0.808. The van der Waals surface area contributed by atoms with Crippen molar-refractivity contribution in [1.29, 1.82) is 0 Å². The number of allylic oxidation sites excluding steroid dienone is 3. The topological polar surface area (TPSA) is 34.6 Å². The van der Waals surface area contributed by atoms with Gasteiger partial charge in [0.05, 0.1) is 14.2 Å². The van der Waals surface area contributed by atoms with Gasteiger partial charge in [0.1, 0.15) is 5.76 Å². The summed E-state index contributed by atoms with van der Waals surface area (Å²) in [6, 6.07) is 4.43. The summed E-state index contributed by atoms with van der Waals surface area (Å²) in [6.07, 6.45) is 9.45. The average molecular weight is 352 g/mol. The Morgan fingerprint density at radius 1 is 1.23 bits per heavy atom. The van der Waals surface area contributed by atoms with Crippen LogP contribution in [0.2, 0.25) is 0 Å². The number of nitrogens with zero attached hydrogens (tertiary/aromatic N) is 2. The van der Waals surface area contributed by atoms with Crippen LogP contribution < -0.4 is 0 Å². The number of ether oxygens (including phenoxy) is 2. The third-order valence-electron chi connectivity index (χ3n) is 5.99. The van der Waals surface area contributed by atoms with E-state index >= 15 is 0 Å². The smallest absolute Gasteiger partial charge is 0.157 e. The predicted molar refractivity (Wildman–Crippen MR) is 103 cm³/mol. The maximum atomic E-state index is 5.59. The van der Waals surface area contributed by atoms with Gasteiger partial charge in [-0.05, 0) is 60.6 Å². The molecule has 1 fully saturated rings. The Balaban J connectivity index is 1.58. The molecule has 0 aromatic carbocycles. The van der Waals surface area contributed by atoms with Gasteiger partial charge in [0.15, 0.2) is 5.76 Å². The van der Waals surface area contributed by atoms with E-state index in [1.54, 1.807) is 14.2 Å². The molecule has 4 rings (SSSR count). The van der Waals surface area contributed by atoms with E-state index in [9.17, 15) is 0 Å². The number of hydrogen-bond donors (Lipinski definition) is 0. The molecule has 138 valence electrons. The van der Waals surface area contributed by atoms with Gasteiger partial charge in [0, 0.05) is 43.0 Å². The van der Waals surface area contributed by atoms with Gasteiger partial charge >= 0.3 is 0 Å². The first-order valence-electron chi connectivity index (χ1n) is 9.67. The largest absolute Gasteiger partial charge is 0.497 e. The minimum absolute atomic E-state index is 0.534. The average Bonchev–Trinajstić information content (AvgIpc) is 2.72. The fourth-order valence-electron chi connectivity index (χ4n) is 4.48. The summed E-state index contributed by atoms with van der Waals surface area (Å²) in [5, 5.41) is 0. The molecular weight excluding hydrogens is 324 g/mol. The van der Waals surface area contributed by atoms with Crippen LogP contribution in [0.3, 0.4) is 0 Å². The number of aryl methyl sites for hydroxylation is 1. The van der Waals surface area contributed by atoms with Crippen LogP contribution in [0, 0.1) is 0 Å². The molecule has 0 amide bonds. The summed E-state index contributed by atoms with van der Waals surface area (Å²) < 4.78 is 11.1. The van der Waals surface area contributed by atoms with E-state index in [2.05, 4.69) is 35.0 Å². The van der Waals surface area contributed by atoms with Crippen molar-refractivity contribution in [2.45, 2.75) is 44.9 Å². The molecule has 0 saturated carbocycles. The number of methoxy groups -OCH3 is 2. The van der Waals surface area contributed by atoms with Crippen molar-refractivity contribution in [1.82, 2.24) is 9.88 Å². The monoisotopic (exact) mass is 352 g/mol. The standard InChI is InChI=1S/C22H28N2O2/c1-4-15-7-9-23-19(11-15)17-5-6-20-18-13-22(26-3)21(25-2)12-16(18)8-10-24(20)14-17/h7,9,11-12,17H,4-6,8,10,13-14H2,1-3H3. The van der Waals surface area contributed by atoms with E-state index in [-0.39, 0.29) is 0 Å². The van der Waals surface area contributed by atoms with Crippen molar-refractivity contribution in [2.75, 3.05) is 27.3 Å². The van der Waals surface area contributed by atoms with Gasteiger partial charge in [0.2, 0.25) is 0 Å². The van der Waals surface area contributed by atoms with Crippen LogP contribution in [0.1, 0.15) is 49.8 Å². The molecule has 4 nitrogen and oxygen atoms in total. The number of aromatic nitrogens is 1. The molecule has 1 unspecified atom stereocenters. The maximum Gasteiger partial charge on any atom is 0.157 e. The van der Waals surface area contributed by atoms with Gasteiger partial charge in [-0.1, -0.05) is 6.92 Å². The Bertz CT molecular complexity index is 791. The lowest BCUT2D eigenvalue weighted by atomic mass is 9.82. The van der Waals surface area contributed by atoms with E-state index in [1.165, 1.54) is 34.5 Å². The van der Waals surface area contributed by atoms with Crippen molar-refractivity contribution < 1.29 is 9.47 Å². The zero-order chi connectivity index (χ0) is 18.1. The SMILES string of the molecule is CCc1ccnc(C2CCC3=C4CC(OC)=C(OC)C=C4CCN3C2)c1. The minimum Gasteiger partial charge on any atom is -0.497 e. The minimum atomic E-state index is 0.534. The second-order valence-corrected chi connectivity index (χ2v) is 7.34. The molecule has 1 aromatic rings. The number of hydrogen-bond acceptors (Lipinski definition) is 4. The second kappa shape index (κ2) is 7.18. The fourth-order valence-corrected chi connectivity index (χ4v) is 4.48. The van der Waals surface area contributed by atoms with Crippen LogP contribution in [0.15, 0.2) is 52.8 Å². The van der Waals surface area contributed by atoms with E-state index in [0.29, 0.717) is 5.92 Å². The predicted octanol–water partition coefficient (Wildman–Crippen LogP) is 4.32. The molecule has 1 saturated heterocycles. The normalized spacial score (nSPS) is 22.7. The zero-order valence-corrected chi connectivity index (χ0v) is 16.0. The van der Waals surface area contributed by atoms with E-state index in [1.807, 2.05) is 6.20 Å². The van der Waals surface area contributed by atoms with E-state index in [0.717, 1.165) is 50.3 Å². The van der Waals surface area contributed by atoms with Crippen LogP contribution in [0.5, 0.6) is 0 Å². The first-order chi connectivity index (χ1) is 12.7. The number of pyridine rings is 1. The maximum absolute atomic E-state index is 5.59. The molecule has 1 aliphatic carbocycles. The zero-order valence-electron chi connectivity index (χ0n) is 16.0. The summed E-state index contributed by atoms with van der Waals surface area (Å²) >= 11 is 0. The Hall–Kier alpha value is -2.23.